The molecule has 1 aliphatic rings. The first-order valence-electron chi connectivity index (χ1n) is 6.25. The summed E-state index contributed by atoms with van der Waals surface area (Å²) >= 11 is 0. The molecular formula is C15H20O2. The van der Waals surface area contributed by atoms with E-state index in [1.807, 2.05) is 0 Å². The average molecular weight is 232 g/mol. The van der Waals surface area contributed by atoms with E-state index in [0.29, 0.717) is 6.42 Å². The van der Waals surface area contributed by atoms with Crippen LogP contribution in [0, 0.1) is 12.3 Å². The lowest BCUT2D eigenvalue weighted by atomic mass is 9.83. The Labute approximate surface area is 103 Å². The predicted molar refractivity (Wildman–Crippen MR) is 68.3 cm³/mol. The molecule has 1 N–H and O–H groups in total. The summed E-state index contributed by atoms with van der Waals surface area (Å²) in [5.74, 6) is -0.718. The molecule has 0 heterocycles. The maximum Gasteiger partial charge on any atom is 0.309 e. The Morgan fingerprint density at radius 1 is 1.29 bits per heavy atom. The highest BCUT2D eigenvalue weighted by Crippen LogP contribution is 2.32. The molecule has 0 aromatic heterocycles. The van der Waals surface area contributed by atoms with Crippen molar-refractivity contribution in [3.05, 3.63) is 34.4 Å². The topological polar surface area (TPSA) is 37.3 Å². The number of carbonyl (C=O) groups is 1. The highest BCUT2D eigenvalue weighted by molar-refractivity contribution is 5.74. The Hall–Kier alpha value is -1.31. The van der Waals surface area contributed by atoms with Crippen LogP contribution in [0.15, 0.2) is 12.1 Å². The van der Waals surface area contributed by atoms with E-state index in [4.69, 9.17) is 0 Å². The molecule has 1 aromatic rings. The molecule has 92 valence electrons. The summed E-state index contributed by atoms with van der Waals surface area (Å²) in [5.41, 5.74) is 4.79. The van der Waals surface area contributed by atoms with Gasteiger partial charge in [0.25, 0.3) is 0 Å². The van der Waals surface area contributed by atoms with Crippen molar-refractivity contribution < 1.29 is 9.90 Å². The lowest BCUT2D eigenvalue weighted by molar-refractivity contribution is -0.146. The van der Waals surface area contributed by atoms with Crippen molar-refractivity contribution in [1.82, 2.24) is 0 Å². The summed E-state index contributed by atoms with van der Waals surface area (Å²) in [7, 11) is 0. The maximum atomic E-state index is 11.2. The van der Waals surface area contributed by atoms with Crippen LogP contribution in [-0.4, -0.2) is 11.1 Å². The molecule has 0 bridgehead atoms. The van der Waals surface area contributed by atoms with Crippen molar-refractivity contribution in [2.75, 3.05) is 0 Å². The molecule has 0 saturated carbocycles. The zero-order valence-electron chi connectivity index (χ0n) is 10.8. The Morgan fingerprint density at radius 3 is 2.59 bits per heavy atom. The van der Waals surface area contributed by atoms with Gasteiger partial charge in [0.2, 0.25) is 0 Å². The van der Waals surface area contributed by atoms with Crippen molar-refractivity contribution >= 4 is 5.97 Å². The van der Waals surface area contributed by atoms with Gasteiger partial charge in [0.1, 0.15) is 0 Å². The second-order valence-electron chi connectivity index (χ2n) is 5.72. The molecule has 0 fully saturated rings. The Bertz CT molecular complexity index is 458. The van der Waals surface area contributed by atoms with Crippen molar-refractivity contribution in [3.63, 3.8) is 0 Å². The van der Waals surface area contributed by atoms with Crippen LogP contribution in [0.25, 0.3) is 0 Å². The zero-order valence-corrected chi connectivity index (χ0v) is 10.8. The Balaban J connectivity index is 2.35. The number of aliphatic carboxylic acids is 1. The molecule has 0 aliphatic heterocycles. The van der Waals surface area contributed by atoms with E-state index in [0.717, 1.165) is 12.8 Å². The van der Waals surface area contributed by atoms with Gasteiger partial charge in [-0.15, -0.1) is 0 Å². The molecule has 0 radical (unpaired) electrons. The van der Waals surface area contributed by atoms with Crippen molar-refractivity contribution in [2.45, 2.75) is 46.5 Å². The second kappa shape index (κ2) is 4.17. The van der Waals surface area contributed by atoms with E-state index in [9.17, 15) is 9.90 Å². The molecule has 0 unspecified atom stereocenters. The zero-order chi connectivity index (χ0) is 12.6. The molecule has 17 heavy (non-hydrogen) atoms. The SMILES string of the molecule is Cc1ccc(CC(C)(C)C(=O)O)c2c1CCC2. The summed E-state index contributed by atoms with van der Waals surface area (Å²) in [6, 6.07) is 4.25. The summed E-state index contributed by atoms with van der Waals surface area (Å²) in [6.45, 7) is 5.75. The van der Waals surface area contributed by atoms with Crippen LogP contribution in [0.2, 0.25) is 0 Å². The molecule has 2 heteroatoms. The first kappa shape index (κ1) is 12.2. The van der Waals surface area contributed by atoms with E-state index >= 15 is 0 Å². The number of benzene rings is 1. The van der Waals surface area contributed by atoms with Gasteiger partial charge < -0.3 is 5.11 Å². The van der Waals surface area contributed by atoms with Gasteiger partial charge in [-0.25, -0.2) is 0 Å². The molecule has 1 aromatic carbocycles. The van der Waals surface area contributed by atoms with E-state index in [1.165, 1.54) is 28.7 Å². The molecular weight excluding hydrogens is 212 g/mol. The van der Waals surface area contributed by atoms with Crippen LogP contribution in [0.4, 0.5) is 0 Å². The third-order valence-corrected chi connectivity index (χ3v) is 3.83. The fourth-order valence-corrected chi connectivity index (χ4v) is 2.68. The quantitative estimate of drug-likeness (QED) is 0.869. The minimum atomic E-state index is -0.718. The smallest absolute Gasteiger partial charge is 0.309 e. The fraction of sp³-hybridized carbons (Fsp3) is 0.533. The summed E-state index contributed by atoms with van der Waals surface area (Å²) in [6.07, 6.45) is 4.11. The van der Waals surface area contributed by atoms with Gasteiger partial charge in [0, 0.05) is 0 Å². The van der Waals surface area contributed by atoms with Crippen LogP contribution >= 0.6 is 0 Å². The number of aryl methyl sites for hydroxylation is 1. The molecule has 0 atom stereocenters. The summed E-state index contributed by atoms with van der Waals surface area (Å²) in [4.78, 5) is 11.2. The standard InChI is InChI=1S/C15H20O2/c1-10-7-8-11(9-15(2,3)14(16)17)13-6-4-5-12(10)13/h7-8H,4-6,9H2,1-3H3,(H,16,17). The van der Waals surface area contributed by atoms with E-state index in [2.05, 4.69) is 19.1 Å². The molecule has 0 saturated heterocycles. The summed E-state index contributed by atoms with van der Waals surface area (Å²) < 4.78 is 0. The van der Waals surface area contributed by atoms with Gasteiger partial charge in [0.15, 0.2) is 0 Å². The van der Waals surface area contributed by atoms with E-state index < -0.39 is 11.4 Å². The normalized spacial score (nSPS) is 14.8. The summed E-state index contributed by atoms with van der Waals surface area (Å²) in [5, 5.41) is 9.21. The number of rotatable bonds is 3. The number of hydrogen-bond donors (Lipinski definition) is 1. The van der Waals surface area contributed by atoms with Gasteiger partial charge in [-0.1, -0.05) is 12.1 Å². The van der Waals surface area contributed by atoms with E-state index in [1.54, 1.807) is 13.8 Å². The molecule has 0 amide bonds. The monoisotopic (exact) mass is 232 g/mol. The highest BCUT2D eigenvalue weighted by atomic mass is 16.4. The third kappa shape index (κ3) is 2.21. The van der Waals surface area contributed by atoms with Crippen molar-refractivity contribution in [2.24, 2.45) is 5.41 Å². The maximum absolute atomic E-state index is 11.2. The number of carboxylic acids is 1. The van der Waals surface area contributed by atoms with Crippen LogP contribution in [0.1, 0.15) is 42.5 Å². The van der Waals surface area contributed by atoms with Gasteiger partial charge >= 0.3 is 5.97 Å². The average Bonchev–Trinajstić information content (AvgIpc) is 2.71. The largest absolute Gasteiger partial charge is 0.481 e. The van der Waals surface area contributed by atoms with Crippen molar-refractivity contribution in [3.8, 4) is 0 Å². The lowest BCUT2D eigenvalue weighted by Gasteiger charge is -2.21. The van der Waals surface area contributed by atoms with Gasteiger partial charge in [0.05, 0.1) is 5.41 Å². The predicted octanol–water partition coefficient (Wildman–Crippen LogP) is 3.14. The van der Waals surface area contributed by atoms with Gasteiger partial charge in [-0.3, -0.25) is 4.79 Å². The van der Waals surface area contributed by atoms with E-state index in [-0.39, 0.29) is 0 Å². The minimum absolute atomic E-state index is 0.630. The second-order valence-corrected chi connectivity index (χ2v) is 5.72. The van der Waals surface area contributed by atoms with Crippen LogP contribution in [-0.2, 0) is 24.1 Å². The number of carboxylic acid groups (broad SMARTS) is 1. The Morgan fingerprint density at radius 2 is 1.94 bits per heavy atom. The van der Waals surface area contributed by atoms with Crippen molar-refractivity contribution in [1.29, 1.82) is 0 Å². The minimum Gasteiger partial charge on any atom is -0.481 e. The highest BCUT2D eigenvalue weighted by Gasteiger charge is 2.29. The molecule has 2 nitrogen and oxygen atoms in total. The molecule has 2 rings (SSSR count). The number of fused-ring (bicyclic) bond motifs is 1. The van der Waals surface area contributed by atoms with Gasteiger partial charge in [-0.2, -0.15) is 0 Å². The first-order valence-corrected chi connectivity index (χ1v) is 6.25. The van der Waals surface area contributed by atoms with Crippen LogP contribution in [0.5, 0.6) is 0 Å². The fourth-order valence-electron chi connectivity index (χ4n) is 2.68. The molecule has 1 aliphatic carbocycles. The van der Waals surface area contributed by atoms with Crippen LogP contribution in [0.3, 0.4) is 0 Å². The number of hydrogen-bond acceptors (Lipinski definition) is 1. The third-order valence-electron chi connectivity index (χ3n) is 3.83. The van der Waals surface area contributed by atoms with Gasteiger partial charge in [-0.05, 0) is 68.7 Å². The Kier molecular flexibility index (Phi) is 2.98. The molecule has 0 spiro atoms. The lowest BCUT2D eigenvalue weighted by Crippen LogP contribution is -2.26. The van der Waals surface area contributed by atoms with Crippen LogP contribution < -0.4 is 0 Å². The first-order chi connectivity index (χ1) is 7.92.